The highest BCUT2D eigenvalue weighted by atomic mass is 35.5. The van der Waals surface area contributed by atoms with Gasteiger partial charge in [-0.25, -0.2) is 0 Å². The van der Waals surface area contributed by atoms with Gasteiger partial charge in [0.05, 0.1) is 0 Å². The van der Waals surface area contributed by atoms with E-state index in [4.69, 9.17) is 11.6 Å². The van der Waals surface area contributed by atoms with Crippen LogP contribution in [0, 0.1) is 0 Å². The molecule has 6 heteroatoms. The Morgan fingerprint density at radius 3 is 2.78 bits per heavy atom. The van der Waals surface area contributed by atoms with Crippen molar-refractivity contribution in [3.63, 3.8) is 0 Å². The van der Waals surface area contributed by atoms with Gasteiger partial charge in [0.15, 0.2) is 5.96 Å². The van der Waals surface area contributed by atoms with Crippen molar-refractivity contribution in [2.45, 2.75) is 38.3 Å². The zero-order valence-corrected chi connectivity index (χ0v) is 14.6. The Morgan fingerprint density at radius 1 is 1.39 bits per heavy atom. The van der Waals surface area contributed by atoms with Gasteiger partial charge in [0, 0.05) is 44.7 Å². The highest BCUT2D eigenvalue weighted by Gasteiger charge is 2.22. The molecule has 0 heterocycles. The number of amides is 1. The van der Waals surface area contributed by atoms with E-state index in [1.54, 1.807) is 7.05 Å². The van der Waals surface area contributed by atoms with Crippen LogP contribution in [0.1, 0.15) is 31.2 Å². The molecule has 23 heavy (non-hydrogen) atoms. The lowest BCUT2D eigenvalue weighted by atomic mass is 10.2. The fourth-order valence-electron chi connectivity index (χ4n) is 2.32. The van der Waals surface area contributed by atoms with E-state index in [0.717, 1.165) is 42.4 Å². The molecule has 1 aliphatic carbocycles. The molecule has 1 aromatic carbocycles. The third-order valence-corrected chi connectivity index (χ3v) is 4.11. The number of halogens is 1. The van der Waals surface area contributed by atoms with Crippen LogP contribution in [0.3, 0.4) is 0 Å². The van der Waals surface area contributed by atoms with Gasteiger partial charge in [0.1, 0.15) is 0 Å². The van der Waals surface area contributed by atoms with Crippen molar-refractivity contribution in [1.82, 2.24) is 15.5 Å². The van der Waals surface area contributed by atoms with Crippen molar-refractivity contribution >= 4 is 23.5 Å². The first-order chi connectivity index (χ1) is 11.1. The molecule has 0 saturated heterocycles. The fourth-order valence-corrected chi connectivity index (χ4v) is 2.51. The standard InChI is InChI=1S/C17H25ClN4O/c1-19-17(20-11-5-8-16(23)21-14-9-10-14)22(2)12-13-6-3-4-7-15(13)18/h3-4,6-7,14H,5,8-12H2,1-2H3,(H,19,20)(H,21,23). The summed E-state index contributed by atoms with van der Waals surface area (Å²) in [6.07, 6.45) is 3.60. The number of hydrogen-bond donors (Lipinski definition) is 2. The second-order valence-corrected chi connectivity index (χ2v) is 6.27. The summed E-state index contributed by atoms with van der Waals surface area (Å²) in [6, 6.07) is 8.23. The number of nitrogens with one attached hydrogen (secondary N) is 2. The summed E-state index contributed by atoms with van der Waals surface area (Å²) in [7, 11) is 3.73. The van der Waals surface area contributed by atoms with Gasteiger partial charge in [0.25, 0.3) is 0 Å². The fraction of sp³-hybridized carbons (Fsp3) is 0.529. The van der Waals surface area contributed by atoms with Gasteiger partial charge in [-0.1, -0.05) is 29.8 Å². The highest BCUT2D eigenvalue weighted by molar-refractivity contribution is 6.31. The summed E-state index contributed by atoms with van der Waals surface area (Å²) < 4.78 is 0. The van der Waals surface area contributed by atoms with Gasteiger partial charge >= 0.3 is 0 Å². The van der Waals surface area contributed by atoms with Crippen molar-refractivity contribution in [3.8, 4) is 0 Å². The topological polar surface area (TPSA) is 56.7 Å². The SMILES string of the molecule is CN=C(NCCCC(=O)NC1CC1)N(C)Cc1ccccc1Cl. The Labute approximate surface area is 143 Å². The maximum Gasteiger partial charge on any atom is 0.220 e. The molecule has 1 fully saturated rings. The second-order valence-electron chi connectivity index (χ2n) is 5.87. The number of rotatable bonds is 7. The van der Waals surface area contributed by atoms with Crippen LogP contribution < -0.4 is 10.6 Å². The minimum Gasteiger partial charge on any atom is -0.356 e. The minimum atomic E-state index is 0.147. The van der Waals surface area contributed by atoms with Crippen LogP contribution in [0.5, 0.6) is 0 Å². The second kappa shape index (κ2) is 8.77. The summed E-state index contributed by atoms with van der Waals surface area (Å²) in [4.78, 5) is 17.9. The minimum absolute atomic E-state index is 0.147. The molecule has 0 spiro atoms. The molecule has 0 aliphatic heterocycles. The molecule has 126 valence electrons. The first kappa shape index (κ1) is 17.6. The van der Waals surface area contributed by atoms with E-state index in [0.29, 0.717) is 19.0 Å². The van der Waals surface area contributed by atoms with Gasteiger partial charge in [-0.3, -0.25) is 9.79 Å². The lowest BCUT2D eigenvalue weighted by Crippen LogP contribution is -2.39. The van der Waals surface area contributed by atoms with Crippen molar-refractivity contribution in [2.24, 2.45) is 4.99 Å². The summed E-state index contributed by atoms with van der Waals surface area (Å²) in [5.74, 6) is 0.946. The molecule has 0 atom stereocenters. The number of guanidine groups is 1. The van der Waals surface area contributed by atoms with Crippen molar-refractivity contribution in [3.05, 3.63) is 34.9 Å². The van der Waals surface area contributed by atoms with Gasteiger partial charge in [0.2, 0.25) is 5.91 Å². The van der Waals surface area contributed by atoms with Crippen LogP contribution in [-0.2, 0) is 11.3 Å². The maximum atomic E-state index is 11.6. The van der Waals surface area contributed by atoms with E-state index in [-0.39, 0.29) is 5.91 Å². The predicted molar refractivity (Wildman–Crippen MR) is 94.7 cm³/mol. The van der Waals surface area contributed by atoms with E-state index in [1.807, 2.05) is 36.2 Å². The molecular formula is C17H25ClN4O. The zero-order chi connectivity index (χ0) is 16.7. The molecule has 5 nitrogen and oxygen atoms in total. The summed E-state index contributed by atoms with van der Waals surface area (Å²) in [6.45, 7) is 1.40. The van der Waals surface area contributed by atoms with E-state index < -0.39 is 0 Å². The first-order valence-electron chi connectivity index (χ1n) is 8.04. The van der Waals surface area contributed by atoms with E-state index >= 15 is 0 Å². The number of aliphatic imine (C=N–C) groups is 1. The molecule has 0 aromatic heterocycles. The molecule has 1 amide bonds. The Kier molecular flexibility index (Phi) is 6.71. The predicted octanol–water partition coefficient (Wildman–Crippen LogP) is 2.41. The third-order valence-electron chi connectivity index (χ3n) is 3.74. The zero-order valence-electron chi connectivity index (χ0n) is 13.8. The molecule has 1 aromatic rings. The number of benzene rings is 1. The molecule has 2 N–H and O–H groups in total. The number of carbonyl (C=O) groups excluding carboxylic acids is 1. The largest absolute Gasteiger partial charge is 0.356 e. The van der Waals surface area contributed by atoms with Crippen LogP contribution in [0.15, 0.2) is 29.3 Å². The average molecular weight is 337 g/mol. The van der Waals surface area contributed by atoms with Gasteiger partial charge in [-0.15, -0.1) is 0 Å². The van der Waals surface area contributed by atoms with Crippen LogP contribution >= 0.6 is 11.6 Å². The van der Waals surface area contributed by atoms with Crippen LogP contribution in [0.25, 0.3) is 0 Å². The normalized spacial score (nSPS) is 14.5. The molecule has 1 saturated carbocycles. The smallest absolute Gasteiger partial charge is 0.220 e. The van der Waals surface area contributed by atoms with Gasteiger partial charge in [-0.2, -0.15) is 0 Å². The van der Waals surface area contributed by atoms with Crippen LogP contribution in [0.2, 0.25) is 5.02 Å². The molecule has 2 rings (SSSR count). The Morgan fingerprint density at radius 2 is 2.13 bits per heavy atom. The average Bonchev–Trinajstić information content (AvgIpc) is 3.33. The molecule has 1 aliphatic rings. The first-order valence-corrected chi connectivity index (χ1v) is 8.42. The lowest BCUT2D eigenvalue weighted by Gasteiger charge is -2.22. The number of hydrogen-bond acceptors (Lipinski definition) is 2. The number of nitrogens with zero attached hydrogens (tertiary/aromatic N) is 2. The monoisotopic (exact) mass is 336 g/mol. The van der Waals surface area contributed by atoms with E-state index in [2.05, 4.69) is 15.6 Å². The lowest BCUT2D eigenvalue weighted by molar-refractivity contribution is -0.121. The Balaban J connectivity index is 1.71. The quantitative estimate of drug-likeness (QED) is 0.457. The van der Waals surface area contributed by atoms with E-state index in [9.17, 15) is 4.79 Å². The van der Waals surface area contributed by atoms with Crippen LogP contribution in [0.4, 0.5) is 0 Å². The third kappa shape index (κ3) is 6.10. The Bertz CT molecular complexity index is 557. The molecule has 0 radical (unpaired) electrons. The maximum absolute atomic E-state index is 11.6. The summed E-state index contributed by atoms with van der Waals surface area (Å²) in [5, 5.41) is 7.04. The molecular weight excluding hydrogens is 312 g/mol. The van der Waals surface area contributed by atoms with Crippen molar-refractivity contribution < 1.29 is 4.79 Å². The van der Waals surface area contributed by atoms with Gasteiger partial charge in [-0.05, 0) is 30.9 Å². The molecule has 0 bridgehead atoms. The Hall–Kier alpha value is -1.75. The highest BCUT2D eigenvalue weighted by Crippen LogP contribution is 2.18. The summed E-state index contributed by atoms with van der Waals surface area (Å²) in [5.41, 5.74) is 1.06. The van der Waals surface area contributed by atoms with Crippen molar-refractivity contribution in [1.29, 1.82) is 0 Å². The number of carbonyl (C=O) groups is 1. The molecule has 0 unspecified atom stereocenters. The summed E-state index contributed by atoms with van der Waals surface area (Å²) >= 11 is 6.19. The van der Waals surface area contributed by atoms with Gasteiger partial charge < -0.3 is 15.5 Å². The van der Waals surface area contributed by atoms with Crippen LogP contribution in [-0.4, -0.2) is 43.4 Å². The van der Waals surface area contributed by atoms with Crippen molar-refractivity contribution in [2.75, 3.05) is 20.6 Å². The van der Waals surface area contributed by atoms with E-state index in [1.165, 1.54) is 0 Å².